The zero-order chi connectivity index (χ0) is 17.9. The van der Waals surface area contributed by atoms with Crippen LogP contribution in [0, 0.1) is 5.92 Å². The van der Waals surface area contributed by atoms with E-state index in [1.165, 1.54) is 0 Å². The van der Waals surface area contributed by atoms with Gasteiger partial charge in [0.25, 0.3) is 0 Å². The number of methoxy groups -OCH3 is 1. The number of ether oxygens (including phenoxy) is 1. The first-order chi connectivity index (χ1) is 11.9. The molecule has 0 aromatic carbocycles. The van der Waals surface area contributed by atoms with E-state index in [9.17, 15) is 13.2 Å². The van der Waals surface area contributed by atoms with Gasteiger partial charge in [0, 0.05) is 45.3 Å². The van der Waals surface area contributed by atoms with E-state index in [1.54, 1.807) is 23.3 Å². The number of nitrogens with one attached hydrogen (secondary N) is 1. The molecule has 0 aliphatic heterocycles. The molecule has 3 rings (SSSR count). The van der Waals surface area contributed by atoms with Gasteiger partial charge in [-0.05, 0) is 30.4 Å². The second-order valence-electron chi connectivity index (χ2n) is 6.37. The van der Waals surface area contributed by atoms with E-state index in [4.69, 9.17) is 4.74 Å². The summed E-state index contributed by atoms with van der Waals surface area (Å²) in [7, 11) is 1.12. The van der Waals surface area contributed by atoms with Crippen LogP contribution >= 0.6 is 0 Å². The molecule has 1 N–H and O–H groups in total. The third kappa shape index (κ3) is 3.98. The van der Waals surface area contributed by atoms with E-state index < -0.39 is 11.8 Å². The summed E-state index contributed by atoms with van der Waals surface area (Å²) in [4.78, 5) is 4.04. The van der Waals surface area contributed by atoms with Gasteiger partial charge in [0.05, 0.1) is 5.69 Å². The summed E-state index contributed by atoms with van der Waals surface area (Å²) >= 11 is 0. The third-order valence-electron chi connectivity index (χ3n) is 4.53. The van der Waals surface area contributed by atoms with Crippen molar-refractivity contribution in [3.63, 3.8) is 0 Å². The van der Waals surface area contributed by atoms with E-state index in [0.717, 1.165) is 18.4 Å². The number of rotatable bonds is 7. The molecule has 1 aliphatic rings. The molecule has 1 aliphatic carbocycles. The summed E-state index contributed by atoms with van der Waals surface area (Å²) in [6.07, 6.45) is 0.845. The lowest BCUT2D eigenvalue weighted by Gasteiger charge is -2.47. The number of hydrogen-bond donors (Lipinski definition) is 1. The van der Waals surface area contributed by atoms with Gasteiger partial charge in [-0.25, -0.2) is 0 Å². The molecule has 1 fully saturated rings. The SMILES string of the molecule is COC1(C(F)(F)F)CC(Cn2cc(CNCc3cccnc3)nn2)C1. The maximum atomic E-state index is 13.0. The Morgan fingerprint density at radius 2 is 2.16 bits per heavy atom. The highest BCUT2D eigenvalue weighted by molar-refractivity contribution is 5.08. The smallest absolute Gasteiger partial charge is 0.369 e. The van der Waals surface area contributed by atoms with Gasteiger partial charge in [-0.15, -0.1) is 5.10 Å². The lowest BCUT2D eigenvalue weighted by atomic mass is 9.70. The Kier molecular flexibility index (Phi) is 5.05. The molecule has 0 unspecified atom stereocenters. The number of aromatic nitrogens is 4. The number of halogens is 3. The molecule has 1 saturated carbocycles. The molecule has 0 amide bonds. The molecular weight excluding hydrogens is 335 g/mol. The van der Waals surface area contributed by atoms with Gasteiger partial charge >= 0.3 is 6.18 Å². The fourth-order valence-corrected chi connectivity index (χ4v) is 3.13. The van der Waals surface area contributed by atoms with E-state index >= 15 is 0 Å². The number of hydrogen-bond acceptors (Lipinski definition) is 5. The summed E-state index contributed by atoms with van der Waals surface area (Å²) < 4.78 is 45.3. The van der Waals surface area contributed by atoms with Gasteiger partial charge in [-0.3, -0.25) is 9.67 Å². The third-order valence-corrected chi connectivity index (χ3v) is 4.53. The van der Waals surface area contributed by atoms with Crippen LogP contribution in [-0.2, 0) is 24.4 Å². The summed E-state index contributed by atoms with van der Waals surface area (Å²) in [5, 5.41) is 11.3. The van der Waals surface area contributed by atoms with Crippen LogP contribution in [0.5, 0.6) is 0 Å². The Labute approximate surface area is 143 Å². The van der Waals surface area contributed by atoms with Crippen molar-refractivity contribution >= 4 is 0 Å². The first-order valence-electron chi connectivity index (χ1n) is 8.02. The Morgan fingerprint density at radius 1 is 1.36 bits per heavy atom. The summed E-state index contributed by atoms with van der Waals surface area (Å²) in [6, 6.07) is 3.84. The maximum absolute atomic E-state index is 13.0. The first-order valence-corrected chi connectivity index (χ1v) is 8.02. The molecule has 9 heteroatoms. The van der Waals surface area contributed by atoms with Crippen LogP contribution in [0.4, 0.5) is 13.2 Å². The van der Waals surface area contributed by atoms with Crippen LogP contribution in [0.2, 0.25) is 0 Å². The second-order valence-corrected chi connectivity index (χ2v) is 6.37. The van der Waals surface area contributed by atoms with E-state index in [1.807, 2.05) is 12.1 Å². The average Bonchev–Trinajstić information content (AvgIpc) is 2.98. The fourth-order valence-electron chi connectivity index (χ4n) is 3.13. The molecule has 6 nitrogen and oxygen atoms in total. The molecule has 0 saturated heterocycles. The highest BCUT2D eigenvalue weighted by Gasteiger charge is 2.62. The number of nitrogens with zero attached hydrogens (tertiary/aromatic N) is 4. The van der Waals surface area contributed by atoms with Crippen molar-refractivity contribution in [1.82, 2.24) is 25.3 Å². The van der Waals surface area contributed by atoms with Crippen molar-refractivity contribution < 1.29 is 17.9 Å². The monoisotopic (exact) mass is 355 g/mol. The lowest BCUT2D eigenvalue weighted by Crippen LogP contribution is -2.57. The highest BCUT2D eigenvalue weighted by atomic mass is 19.4. The minimum absolute atomic E-state index is 0.0402. The van der Waals surface area contributed by atoms with E-state index in [2.05, 4.69) is 20.6 Å². The standard InChI is InChI=1S/C16H20F3N5O/c1-25-15(16(17,18)19)5-13(6-15)10-24-11-14(22-23-24)9-21-8-12-3-2-4-20-7-12/h2-4,7,11,13,21H,5-6,8-10H2,1H3. The molecule has 2 aromatic rings. The molecule has 0 bridgehead atoms. The lowest BCUT2D eigenvalue weighted by molar-refractivity contribution is -0.309. The molecular formula is C16H20F3N5O. The summed E-state index contributed by atoms with van der Waals surface area (Å²) in [5.41, 5.74) is -0.184. The highest BCUT2D eigenvalue weighted by Crippen LogP contribution is 2.51. The van der Waals surface area contributed by atoms with Crippen molar-refractivity contribution in [1.29, 1.82) is 0 Å². The molecule has 2 aromatic heterocycles. The average molecular weight is 355 g/mol. The Bertz CT molecular complexity index is 683. The Morgan fingerprint density at radius 3 is 2.80 bits per heavy atom. The zero-order valence-corrected chi connectivity index (χ0v) is 13.8. The van der Waals surface area contributed by atoms with Crippen molar-refractivity contribution in [3.8, 4) is 0 Å². The van der Waals surface area contributed by atoms with Crippen LogP contribution < -0.4 is 5.32 Å². The van der Waals surface area contributed by atoms with Crippen molar-refractivity contribution in [2.75, 3.05) is 7.11 Å². The predicted octanol–water partition coefficient (Wildman–Crippen LogP) is 2.32. The topological polar surface area (TPSA) is 64.9 Å². The minimum Gasteiger partial charge on any atom is -0.369 e. The molecule has 0 radical (unpaired) electrons. The fraction of sp³-hybridized carbons (Fsp3) is 0.562. The van der Waals surface area contributed by atoms with Gasteiger partial charge in [-0.2, -0.15) is 13.2 Å². The predicted molar refractivity (Wildman–Crippen MR) is 83.3 cm³/mol. The van der Waals surface area contributed by atoms with Crippen LogP contribution in [0.15, 0.2) is 30.7 Å². The molecule has 2 heterocycles. The van der Waals surface area contributed by atoms with Gasteiger partial charge in [0.1, 0.15) is 0 Å². The van der Waals surface area contributed by atoms with Crippen LogP contribution in [0.3, 0.4) is 0 Å². The quantitative estimate of drug-likeness (QED) is 0.826. The largest absolute Gasteiger partial charge is 0.417 e. The Balaban J connectivity index is 1.45. The summed E-state index contributed by atoms with van der Waals surface area (Å²) in [6.45, 7) is 1.60. The molecule has 0 spiro atoms. The van der Waals surface area contributed by atoms with Crippen molar-refractivity contribution in [2.24, 2.45) is 5.92 Å². The Hall–Kier alpha value is -2.00. The molecule has 0 atom stereocenters. The van der Waals surface area contributed by atoms with Crippen LogP contribution in [-0.4, -0.2) is 38.9 Å². The minimum atomic E-state index is -4.33. The van der Waals surface area contributed by atoms with Crippen molar-refractivity contribution in [3.05, 3.63) is 42.0 Å². The van der Waals surface area contributed by atoms with Crippen LogP contribution in [0.25, 0.3) is 0 Å². The number of alkyl halides is 3. The normalized spacial score (nSPS) is 23.4. The second kappa shape index (κ2) is 7.09. The van der Waals surface area contributed by atoms with Gasteiger partial charge in [-0.1, -0.05) is 11.3 Å². The van der Waals surface area contributed by atoms with Crippen LogP contribution in [0.1, 0.15) is 24.1 Å². The summed E-state index contributed by atoms with van der Waals surface area (Å²) in [5.74, 6) is -0.112. The van der Waals surface area contributed by atoms with E-state index in [-0.39, 0.29) is 18.8 Å². The zero-order valence-electron chi connectivity index (χ0n) is 13.8. The maximum Gasteiger partial charge on any atom is 0.417 e. The van der Waals surface area contributed by atoms with Gasteiger partial charge < -0.3 is 10.1 Å². The van der Waals surface area contributed by atoms with Gasteiger partial charge in [0.15, 0.2) is 5.60 Å². The molecule has 136 valence electrons. The van der Waals surface area contributed by atoms with E-state index in [0.29, 0.717) is 19.6 Å². The first kappa shape index (κ1) is 17.8. The van der Waals surface area contributed by atoms with Crippen molar-refractivity contribution in [2.45, 2.75) is 44.3 Å². The molecule has 25 heavy (non-hydrogen) atoms. The number of pyridine rings is 1. The van der Waals surface area contributed by atoms with Gasteiger partial charge in [0.2, 0.25) is 0 Å².